The second-order valence-corrected chi connectivity index (χ2v) is 4.04. The number of nitrogens with one attached hydrogen (secondary N) is 1. The highest BCUT2D eigenvalue weighted by molar-refractivity contribution is 5.54. The molecule has 1 aliphatic heterocycles. The van der Waals surface area contributed by atoms with Gasteiger partial charge in [-0.1, -0.05) is 26.0 Å². The Hall–Kier alpha value is -0.980. The second-order valence-electron chi connectivity index (χ2n) is 4.04. The molecule has 0 saturated heterocycles. The minimum Gasteiger partial charge on any atom is -0.385 e. The minimum atomic E-state index is 0.777. The lowest BCUT2D eigenvalue weighted by Crippen LogP contribution is -2.20. The standard InChI is InChI=1S/C12H17N/c1-3-10-4-5-12-11(7-10)6-9(2)8-13-12/h4-5,7,9,13H,3,6,8H2,1-2H3/t9-/m1/s1. The van der Waals surface area contributed by atoms with E-state index in [9.17, 15) is 0 Å². The number of anilines is 1. The van der Waals surface area contributed by atoms with Crippen molar-refractivity contribution in [3.8, 4) is 0 Å². The molecule has 0 spiro atoms. The topological polar surface area (TPSA) is 12.0 Å². The fraction of sp³-hybridized carbons (Fsp3) is 0.500. The molecular formula is C12H17N. The van der Waals surface area contributed by atoms with Gasteiger partial charge in [0.05, 0.1) is 0 Å². The van der Waals surface area contributed by atoms with Crippen molar-refractivity contribution in [2.45, 2.75) is 26.7 Å². The number of hydrogen-bond acceptors (Lipinski definition) is 1. The molecular weight excluding hydrogens is 158 g/mol. The summed E-state index contributed by atoms with van der Waals surface area (Å²) in [5.41, 5.74) is 4.29. The molecule has 1 N–H and O–H groups in total. The van der Waals surface area contributed by atoms with E-state index in [0.717, 1.165) is 18.9 Å². The number of aryl methyl sites for hydroxylation is 1. The molecule has 13 heavy (non-hydrogen) atoms. The van der Waals surface area contributed by atoms with Gasteiger partial charge in [-0.3, -0.25) is 0 Å². The Morgan fingerprint density at radius 3 is 3.08 bits per heavy atom. The Bertz CT molecular complexity index is 304. The monoisotopic (exact) mass is 175 g/mol. The van der Waals surface area contributed by atoms with Gasteiger partial charge in [0.25, 0.3) is 0 Å². The summed E-state index contributed by atoms with van der Waals surface area (Å²) in [5.74, 6) is 0.777. The van der Waals surface area contributed by atoms with Crippen molar-refractivity contribution in [3.05, 3.63) is 29.3 Å². The Morgan fingerprint density at radius 2 is 2.31 bits per heavy atom. The number of hydrogen-bond donors (Lipinski definition) is 1. The normalized spacial score (nSPS) is 20.6. The van der Waals surface area contributed by atoms with Crippen LogP contribution in [-0.2, 0) is 12.8 Å². The summed E-state index contributed by atoms with van der Waals surface area (Å²) >= 11 is 0. The molecule has 0 radical (unpaired) electrons. The fourth-order valence-corrected chi connectivity index (χ4v) is 1.94. The highest BCUT2D eigenvalue weighted by atomic mass is 14.9. The molecule has 2 rings (SSSR count). The van der Waals surface area contributed by atoms with Crippen molar-refractivity contribution < 1.29 is 0 Å². The van der Waals surface area contributed by atoms with Crippen LogP contribution in [0.1, 0.15) is 25.0 Å². The van der Waals surface area contributed by atoms with Gasteiger partial charge in [-0.15, -0.1) is 0 Å². The molecule has 0 unspecified atom stereocenters. The number of fused-ring (bicyclic) bond motifs is 1. The van der Waals surface area contributed by atoms with Gasteiger partial charge in [0.2, 0.25) is 0 Å². The van der Waals surface area contributed by atoms with Gasteiger partial charge in [-0.25, -0.2) is 0 Å². The molecule has 1 nitrogen and oxygen atoms in total. The summed E-state index contributed by atoms with van der Waals surface area (Å²) in [4.78, 5) is 0. The van der Waals surface area contributed by atoms with E-state index in [2.05, 4.69) is 37.4 Å². The van der Waals surface area contributed by atoms with Crippen LogP contribution in [0.2, 0.25) is 0 Å². The van der Waals surface area contributed by atoms with E-state index in [0.29, 0.717) is 0 Å². The summed E-state index contributed by atoms with van der Waals surface area (Å²) in [7, 11) is 0. The van der Waals surface area contributed by atoms with Crippen molar-refractivity contribution in [3.63, 3.8) is 0 Å². The van der Waals surface area contributed by atoms with Crippen molar-refractivity contribution in [1.82, 2.24) is 0 Å². The van der Waals surface area contributed by atoms with Gasteiger partial charge in [0.1, 0.15) is 0 Å². The van der Waals surface area contributed by atoms with E-state index in [1.807, 2.05) is 0 Å². The second kappa shape index (κ2) is 3.41. The highest BCUT2D eigenvalue weighted by Crippen LogP contribution is 2.25. The molecule has 1 heterocycles. The van der Waals surface area contributed by atoms with Gasteiger partial charge in [0, 0.05) is 12.2 Å². The molecule has 0 bridgehead atoms. The van der Waals surface area contributed by atoms with Gasteiger partial charge in [0.15, 0.2) is 0 Å². The lowest BCUT2D eigenvalue weighted by Gasteiger charge is -2.23. The van der Waals surface area contributed by atoms with Crippen molar-refractivity contribution in [2.24, 2.45) is 5.92 Å². The molecule has 1 atom stereocenters. The summed E-state index contributed by atoms with van der Waals surface area (Å²) in [5, 5.41) is 3.46. The van der Waals surface area contributed by atoms with Gasteiger partial charge in [-0.05, 0) is 36.0 Å². The van der Waals surface area contributed by atoms with Gasteiger partial charge >= 0.3 is 0 Å². The first-order valence-corrected chi connectivity index (χ1v) is 5.15. The first kappa shape index (κ1) is 8.61. The van der Waals surface area contributed by atoms with E-state index >= 15 is 0 Å². The zero-order valence-corrected chi connectivity index (χ0v) is 8.43. The van der Waals surface area contributed by atoms with Crippen LogP contribution in [0, 0.1) is 5.92 Å². The lowest BCUT2D eigenvalue weighted by atomic mass is 9.94. The van der Waals surface area contributed by atoms with E-state index in [-0.39, 0.29) is 0 Å². The maximum Gasteiger partial charge on any atom is 0.0373 e. The Balaban J connectivity index is 2.32. The average molecular weight is 175 g/mol. The van der Waals surface area contributed by atoms with E-state index in [4.69, 9.17) is 0 Å². The van der Waals surface area contributed by atoms with Crippen LogP contribution in [0.15, 0.2) is 18.2 Å². The quantitative estimate of drug-likeness (QED) is 0.692. The predicted molar refractivity (Wildman–Crippen MR) is 57.2 cm³/mol. The van der Waals surface area contributed by atoms with E-state index in [1.54, 1.807) is 0 Å². The molecule has 0 saturated carbocycles. The van der Waals surface area contributed by atoms with Crippen LogP contribution in [0.3, 0.4) is 0 Å². The van der Waals surface area contributed by atoms with Crippen molar-refractivity contribution >= 4 is 5.69 Å². The molecule has 1 aromatic rings. The number of benzene rings is 1. The van der Waals surface area contributed by atoms with Crippen molar-refractivity contribution in [2.75, 3.05) is 11.9 Å². The first-order valence-electron chi connectivity index (χ1n) is 5.15. The zero-order valence-electron chi connectivity index (χ0n) is 8.43. The third-order valence-corrected chi connectivity index (χ3v) is 2.79. The molecule has 1 aliphatic rings. The smallest absolute Gasteiger partial charge is 0.0373 e. The SMILES string of the molecule is CCc1ccc2c(c1)C[C@@H](C)CN2. The predicted octanol–water partition coefficient (Wildman–Crippen LogP) is 2.85. The Labute approximate surface area is 80.2 Å². The average Bonchev–Trinajstić information content (AvgIpc) is 2.16. The lowest BCUT2D eigenvalue weighted by molar-refractivity contribution is 0.594. The molecule has 1 aromatic carbocycles. The largest absolute Gasteiger partial charge is 0.385 e. The zero-order chi connectivity index (χ0) is 9.26. The van der Waals surface area contributed by atoms with E-state index in [1.165, 1.54) is 23.2 Å². The van der Waals surface area contributed by atoms with E-state index < -0.39 is 0 Å². The van der Waals surface area contributed by atoms with Crippen LogP contribution in [-0.4, -0.2) is 6.54 Å². The fourth-order valence-electron chi connectivity index (χ4n) is 1.94. The van der Waals surface area contributed by atoms with Crippen LogP contribution >= 0.6 is 0 Å². The van der Waals surface area contributed by atoms with Gasteiger partial charge in [-0.2, -0.15) is 0 Å². The Morgan fingerprint density at radius 1 is 1.46 bits per heavy atom. The van der Waals surface area contributed by atoms with Crippen molar-refractivity contribution in [1.29, 1.82) is 0 Å². The molecule has 70 valence electrons. The maximum atomic E-state index is 3.46. The maximum absolute atomic E-state index is 3.46. The first-order chi connectivity index (χ1) is 6.29. The van der Waals surface area contributed by atoms with Gasteiger partial charge < -0.3 is 5.32 Å². The van der Waals surface area contributed by atoms with Crippen LogP contribution < -0.4 is 5.32 Å². The minimum absolute atomic E-state index is 0.777. The highest BCUT2D eigenvalue weighted by Gasteiger charge is 2.13. The molecule has 0 amide bonds. The molecule has 1 heteroatoms. The third-order valence-electron chi connectivity index (χ3n) is 2.79. The molecule has 0 fully saturated rings. The van der Waals surface area contributed by atoms with Crippen LogP contribution in [0.4, 0.5) is 5.69 Å². The summed E-state index contributed by atoms with van der Waals surface area (Å²) < 4.78 is 0. The molecule has 0 aliphatic carbocycles. The summed E-state index contributed by atoms with van der Waals surface area (Å²) in [6.45, 7) is 5.63. The summed E-state index contributed by atoms with van der Waals surface area (Å²) in [6.07, 6.45) is 2.37. The molecule has 0 aromatic heterocycles. The van der Waals surface area contributed by atoms with Crippen LogP contribution in [0.5, 0.6) is 0 Å². The Kier molecular flexibility index (Phi) is 2.26. The third kappa shape index (κ3) is 1.69. The van der Waals surface area contributed by atoms with Crippen LogP contribution in [0.25, 0.3) is 0 Å². The number of rotatable bonds is 1. The summed E-state index contributed by atoms with van der Waals surface area (Å²) in [6, 6.07) is 6.79.